The van der Waals surface area contributed by atoms with Crippen LogP contribution >= 0.6 is 0 Å². The lowest BCUT2D eigenvalue weighted by Crippen LogP contribution is -2.39. The van der Waals surface area contributed by atoms with Crippen LogP contribution in [0.3, 0.4) is 0 Å². The van der Waals surface area contributed by atoms with Gasteiger partial charge >= 0.3 is 0 Å². The Balaban J connectivity index is 1.98. The summed E-state index contributed by atoms with van der Waals surface area (Å²) in [5.41, 5.74) is 0.711. The fourth-order valence-corrected chi connectivity index (χ4v) is 3.65. The summed E-state index contributed by atoms with van der Waals surface area (Å²) in [7, 11) is 0. The summed E-state index contributed by atoms with van der Waals surface area (Å²) in [6.45, 7) is 4.19. The Morgan fingerprint density at radius 3 is 2.57 bits per heavy atom. The Labute approximate surface area is 125 Å². The Kier molecular flexibility index (Phi) is 3.58. The van der Waals surface area contributed by atoms with E-state index in [9.17, 15) is 9.90 Å². The van der Waals surface area contributed by atoms with Crippen molar-refractivity contribution in [1.29, 1.82) is 0 Å². The molecule has 2 aromatic rings. The van der Waals surface area contributed by atoms with Crippen LogP contribution in [0.2, 0.25) is 0 Å². The molecule has 0 aliphatic heterocycles. The van der Waals surface area contributed by atoms with Crippen LogP contribution in [0.4, 0.5) is 0 Å². The van der Waals surface area contributed by atoms with E-state index in [1.165, 1.54) is 0 Å². The van der Waals surface area contributed by atoms with Crippen LogP contribution in [0.1, 0.15) is 44.8 Å². The van der Waals surface area contributed by atoms with Gasteiger partial charge in [-0.15, -0.1) is 0 Å². The highest BCUT2D eigenvalue weighted by molar-refractivity contribution is 5.85. The third kappa shape index (κ3) is 2.60. The van der Waals surface area contributed by atoms with E-state index in [-0.39, 0.29) is 17.1 Å². The molecular formula is C19H22O2. The molecule has 2 unspecified atom stereocenters. The minimum atomic E-state index is -0.711. The standard InChI is InChI=1S/C19H22O2/c1-19(2)11-5-8-16(20)17(19)18(21)15-10-9-13-6-3-4-7-14(13)12-15/h3-4,6-7,9-10,12,17-18,21H,5,8,11H2,1-2H3. The first-order valence-corrected chi connectivity index (χ1v) is 7.68. The molecular weight excluding hydrogens is 260 g/mol. The fourth-order valence-electron chi connectivity index (χ4n) is 3.65. The number of aliphatic hydroxyl groups is 1. The second-order valence-electron chi connectivity index (χ2n) is 6.84. The maximum absolute atomic E-state index is 12.3. The number of hydrogen-bond acceptors (Lipinski definition) is 2. The highest BCUT2D eigenvalue weighted by atomic mass is 16.3. The normalized spacial score (nSPS) is 23.2. The number of rotatable bonds is 2. The Bertz CT molecular complexity index is 672. The third-order valence-corrected chi connectivity index (χ3v) is 4.86. The molecule has 1 aliphatic carbocycles. The van der Waals surface area contributed by atoms with Crippen LogP contribution < -0.4 is 0 Å². The number of Topliss-reactive ketones (excluding diaryl/α,β-unsaturated/α-hetero) is 1. The summed E-state index contributed by atoms with van der Waals surface area (Å²) in [6.07, 6.45) is 1.82. The van der Waals surface area contributed by atoms with E-state index >= 15 is 0 Å². The molecule has 2 heteroatoms. The second-order valence-corrected chi connectivity index (χ2v) is 6.84. The Morgan fingerprint density at radius 1 is 1.14 bits per heavy atom. The highest BCUT2D eigenvalue weighted by Crippen LogP contribution is 2.45. The lowest BCUT2D eigenvalue weighted by Gasteiger charge is -2.40. The van der Waals surface area contributed by atoms with Gasteiger partial charge < -0.3 is 5.11 Å². The minimum absolute atomic E-state index is 0.138. The van der Waals surface area contributed by atoms with Gasteiger partial charge in [-0.25, -0.2) is 0 Å². The maximum atomic E-state index is 12.3. The molecule has 110 valence electrons. The van der Waals surface area contributed by atoms with Gasteiger partial charge in [0.2, 0.25) is 0 Å². The van der Waals surface area contributed by atoms with Crippen LogP contribution in [0.5, 0.6) is 0 Å². The van der Waals surface area contributed by atoms with Crippen LogP contribution in [0, 0.1) is 11.3 Å². The molecule has 0 amide bonds. The summed E-state index contributed by atoms with van der Waals surface area (Å²) in [5.74, 6) is -0.0979. The first kappa shape index (κ1) is 14.3. The Hall–Kier alpha value is -1.67. The molecule has 0 radical (unpaired) electrons. The van der Waals surface area contributed by atoms with Crippen molar-refractivity contribution in [1.82, 2.24) is 0 Å². The van der Waals surface area contributed by atoms with E-state index in [2.05, 4.69) is 19.9 Å². The van der Waals surface area contributed by atoms with Crippen molar-refractivity contribution in [3.8, 4) is 0 Å². The molecule has 1 fully saturated rings. The molecule has 0 heterocycles. The van der Waals surface area contributed by atoms with Gasteiger partial charge in [-0.3, -0.25) is 4.79 Å². The van der Waals surface area contributed by atoms with Gasteiger partial charge in [0.05, 0.1) is 12.0 Å². The average Bonchev–Trinajstić information content (AvgIpc) is 2.45. The maximum Gasteiger partial charge on any atom is 0.139 e. The largest absolute Gasteiger partial charge is 0.388 e. The number of benzene rings is 2. The number of carbonyl (C=O) groups excluding carboxylic acids is 1. The van der Waals surface area contributed by atoms with Crippen LogP contribution in [-0.2, 0) is 4.79 Å². The highest BCUT2D eigenvalue weighted by Gasteiger charge is 2.42. The van der Waals surface area contributed by atoms with Gasteiger partial charge in [-0.1, -0.05) is 50.2 Å². The number of carbonyl (C=O) groups is 1. The van der Waals surface area contributed by atoms with Crippen molar-refractivity contribution in [2.24, 2.45) is 11.3 Å². The Morgan fingerprint density at radius 2 is 1.86 bits per heavy atom. The zero-order chi connectivity index (χ0) is 15.0. The summed E-state index contributed by atoms with van der Waals surface area (Å²) in [4.78, 5) is 12.3. The molecule has 1 N–H and O–H groups in total. The first-order chi connectivity index (χ1) is 9.99. The first-order valence-electron chi connectivity index (χ1n) is 7.68. The van der Waals surface area contributed by atoms with Crippen molar-refractivity contribution in [3.05, 3.63) is 48.0 Å². The van der Waals surface area contributed by atoms with E-state index < -0.39 is 6.10 Å². The van der Waals surface area contributed by atoms with E-state index in [1.54, 1.807) is 0 Å². The molecule has 2 atom stereocenters. The van der Waals surface area contributed by atoms with Crippen molar-refractivity contribution in [2.45, 2.75) is 39.2 Å². The third-order valence-electron chi connectivity index (χ3n) is 4.86. The summed E-state index contributed by atoms with van der Waals surface area (Å²) in [5, 5.41) is 13.1. The topological polar surface area (TPSA) is 37.3 Å². The summed E-state index contributed by atoms with van der Waals surface area (Å²) < 4.78 is 0. The molecule has 0 bridgehead atoms. The molecule has 0 aromatic heterocycles. The fraction of sp³-hybridized carbons (Fsp3) is 0.421. The zero-order valence-corrected chi connectivity index (χ0v) is 12.7. The second kappa shape index (κ2) is 5.27. The van der Waals surface area contributed by atoms with Gasteiger partial charge in [0, 0.05) is 6.42 Å². The zero-order valence-electron chi connectivity index (χ0n) is 12.7. The molecule has 0 spiro atoms. The van der Waals surface area contributed by atoms with Crippen LogP contribution in [0.25, 0.3) is 10.8 Å². The number of hydrogen-bond donors (Lipinski definition) is 1. The van der Waals surface area contributed by atoms with E-state index in [1.807, 2.05) is 36.4 Å². The minimum Gasteiger partial charge on any atom is -0.388 e. The summed E-state index contributed by atoms with van der Waals surface area (Å²) >= 11 is 0. The predicted molar refractivity (Wildman–Crippen MR) is 85.0 cm³/mol. The SMILES string of the molecule is CC1(C)CCCC(=O)C1C(O)c1ccc2ccccc2c1. The monoisotopic (exact) mass is 282 g/mol. The van der Waals surface area contributed by atoms with E-state index in [4.69, 9.17) is 0 Å². The molecule has 2 aromatic carbocycles. The smallest absolute Gasteiger partial charge is 0.139 e. The molecule has 1 aliphatic rings. The van der Waals surface area contributed by atoms with Crippen molar-refractivity contribution < 1.29 is 9.90 Å². The van der Waals surface area contributed by atoms with Gasteiger partial charge in [0.15, 0.2) is 0 Å². The lowest BCUT2D eigenvalue weighted by molar-refractivity contribution is -0.136. The molecule has 2 nitrogen and oxygen atoms in total. The number of aliphatic hydroxyl groups excluding tert-OH is 1. The average molecular weight is 282 g/mol. The van der Waals surface area contributed by atoms with Gasteiger partial charge in [-0.2, -0.15) is 0 Å². The molecule has 0 saturated heterocycles. The number of fused-ring (bicyclic) bond motifs is 1. The quantitative estimate of drug-likeness (QED) is 0.893. The molecule has 21 heavy (non-hydrogen) atoms. The molecule has 3 rings (SSSR count). The van der Waals surface area contributed by atoms with E-state index in [0.29, 0.717) is 6.42 Å². The van der Waals surface area contributed by atoms with Crippen molar-refractivity contribution in [2.75, 3.05) is 0 Å². The lowest BCUT2D eigenvalue weighted by atomic mass is 9.65. The summed E-state index contributed by atoms with van der Waals surface area (Å²) in [6, 6.07) is 14.1. The van der Waals surface area contributed by atoms with Crippen LogP contribution in [-0.4, -0.2) is 10.9 Å². The van der Waals surface area contributed by atoms with Crippen molar-refractivity contribution in [3.63, 3.8) is 0 Å². The van der Waals surface area contributed by atoms with Gasteiger partial charge in [0.1, 0.15) is 5.78 Å². The predicted octanol–water partition coefficient (Wildman–Crippen LogP) is 4.27. The van der Waals surface area contributed by atoms with Crippen molar-refractivity contribution >= 4 is 16.6 Å². The van der Waals surface area contributed by atoms with Crippen LogP contribution in [0.15, 0.2) is 42.5 Å². The molecule has 1 saturated carbocycles. The van der Waals surface area contributed by atoms with Gasteiger partial charge in [0.25, 0.3) is 0 Å². The van der Waals surface area contributed by atoms with Gasteiger partial charge in [-0.05, 0) is 40.7 Å². The number of ketones is 1. The van der Waals surface area contributed by atoms with E-state index in [0.717, 1.165) is 29.2 Å².